The lowest BCUT2D eigenvalue weighted by atomic mass is 10.1. The van der Waals surface area contributed by atoms with E-state index in [2.05, 4.69) is 0 Å². The Morgan fingerprint density at radius 1 is 1.40 bits per heavy atom. The van der Waals surface area contributed by atoms with E-state index in [-0.39, 0.29) is 13.2 Å². The minimum Gasteiger partial charge on any atom is -0.481 e. The molecule has 0 amide bonds. The molecule has 82 valence electrons. The van der Waals surface area contributed by atoms with Gasteiger partial charge >= 0.3 is 5.97 Å². The average molecular weight is 210 g/mol. The highest BCUT2D eigenvalue weighted by atomic mass is 16.7. The molecule has 1 aromatic carbocycles. The van der Waals surface area contributed by atoms with Crippen LogP contribution in [0.25, 0.3) is 0 Å². The predicted molar refractivity (Wildman–Crippen MR) is 55.0 cm³/mol. The summed E-state index contributed by atoms with van der Waals surface area (Å²) in [5.74, 6) is -0.216. The van der Waals surface area contributed by atoms with Gasteiger partial charge in [-0.15, -0.1) is 0 Å². The summed E-state index contributed by atoms with van der Waals surface area (Å²) in [6, 6.07) is 5.37. The smallest absolute Gasteiger partial charge is 0.307 e. The summed E-state index contributed by atoms with van der Waals surface area (Å²) >= 11 is 0. The van der Waals surface area contributed by atoms with Gasteiger partial charge in [0.25, 0.3) is 0 Å². The Balaban J connectivity index is 2.79. The van der Waals surface area contributed by atoms with Gasteiger partial charge in [-0.05, 0) is 30.2 Å². The van der Waals surface area contributed by atoms with E-state index in [4.69, 9.17) is 14.6 Å². The van der Waals surface area contributed by atoms with Gasteiger partial charge < -0.3 is 14.6 Å². The topological polar surface area (TPSA) is 55.8 Å². The number of carboxylic acid groups (broad SMARTS) is 1. The maximum absolute atomic E-state index is 10.5. The van der Waals surface area contributed by atoms with Gasteiger partial charge in [0.15, 0.2) is 6.79 Å². The second-order valence-electron chi connectivity index (χ2n) is 3.28. The number of carbonyl (C=O) groups is 1. The summed E-state index contributed by atoms with van der Waals surface area (Å²) in [6.07, 6.45) is 0.00498. The number of aliphatic carboxylic acids is 1. The molecule has 1 rings (SSSR count). The third-order valence-electron chi connectivity index (χ3n) is 1.81. The van der Waals surface area contributed by atoms with Gasteiger partial charge in [0, 0.05) is 7.11 Å². The van der Waals surface area contributed by atoms with Gasteiger partial charge in [0.2, 0.25) is 0 Å². The van der Waals surface area contributed by atoms with Gasteiger partial charge in [-0.1, -0.05) is 6.07 Å². The number of hydrogen-bond donors (Lipinski definition) is 1. The summed E-state index contributed by atoms with van der Waals surface area (Å²) in [5, 5.41) is 8.66. The van der Waals surface area contributed by atoms with Crippen LogP contribution in [-0.2, 0) is 16.0 Å². The van der Waals surface area contributed by atoms with Crippen molar-refractivity contribution in [3.05, 3.63) is 29.3 Å². The Hall–Kier alpha value is -1.55. The first kappa shape index (κ1) is 11.5. The Morgan fingerprint density at radius 3 is 2.73 bits per heavy atom. The largest absolute Gasteiger partial charge is 0.481 e. The van der Waals surface area contributed by atoms with Gasteiger partial charge in [0.1, 0.15) is 5.75 Å². The number of methoxy groups -OCH3 is 1. The van der Waals surface area contributed by atoms with Crippen LogP contribution >= 0.6 is 0 Å². The molecule has 0 aliphatic heterocycles. The fourth-order valence-electron chi connectivity index (χ4n) is 1.31. The maximum Gasteiger partial charge on any atom is 0.307 e. The molecule has 0 aliphatic carbocycles. The lowest BCUT2D eigenvalue weighted by Gasteiger charge is -2.07. The molecule has 0 saturated carbocycles. The molecule has 4 nitrogen and oxygen atoms in total. The van der Waals surface area contributed by atoms with E-state index in [0.29, 0.717) is 5.75 Å². The molecule has 0 radical (unpaired) electrons. The van der Waals surface area contributed by atoms with Crippen LogP contribution in [0.15, 0.2) is 18.2 Å². The molecule has 4 heteroatoms. The lowest BCUT2D eigenvalue weighted by Crippen LogP contribution is -2.03. The van der Waals surface area contributed by atoms with E-state index >= 15 is 0 Å². The van der Waals surface area contributed by atoms with Crippen LogP contribution < -0.4 is 4.74 Å². The molecule has 1 N–H and O–H groups in total. The first-order valence-electron chi connectivity index (χ1n) is 4.56. The highest BCUT2D eigenvalue weighted by Gasteiger charge is 2.03. The highest BCUT2D eigenvalue weighted by Crippen LogP contribution is 2.17. The van der Waals surface area contributed by atoms with Crippen LogP contribution in [0.3, 0.4) is 0 Å². The predicted octanol–water partition coefficient (Wildman–Crippen LogP) is 1.60. The molecular formula is C11H14O4. The van der Waals surface area contributed by atoms with Crippen molar-refractivity contribution in [3.8, 4) is 5.75 Å². The highest BCUT2D eigenvalue weighted by molar-refractivity contribution is 5.70. The number of benzene rings is 1. The van der Waals surface area contributed by atoms with Gasteiger partial charge in [-0.3, -0.25) is 4.79 Å². The van der Waals surface area contributed by atoms with Crippen molar-refractivity contribution in [2.75, 3.05) is 13.9 Å². The van der Waals surface area contributed by atoms with E-state index in [1.807, 2.05) is 19.1 Å². The minimum atomic E-state index is -0.849. The third kappa shape index (κ3) is 3.99. The molecule has 0 aliphatic rings. The number of aryl methyl sites for hydroxylation is 1. The fraction of sp³-hybridized carbons (Fsp3) is 0.364. The zero-order valence-corrected chi connectivity index (χ0v) is 8.82. The summed E-state index contributed by atoms with van der Waals surface area (Å²) < 4.78 is 10.0. The fourth-order valence-corrected chi connectivity index (χ4v) is 1.31. The van der Waals surface area contributed by atoms with Crippen LogP contribution in [0.5, 0.6) is 5.75 Å². The molecule has 0 unspecified atom stereocenters. The van der Waals surface area contributed by atoms with Crippen LogP contribution in [0.2, 0.25) is 0 Å². The Bertz CT molecular complexity index is 346. The molecule has 1 aromatic rings. The van der Waals surface area contributed by atoms with E-state index in [1.54, 1.807) is 6.07 Å². The van der Waals surface area contributed by atoms with Crippen molar-refractivity contribution >= 4 is 5.97 Å². The monoisotopic (exact) mass is 210 g/mol. The van der Waals surface area contributed by atoms with Crippen LogP contribution in [0, 0.1) is 6.92 Å². The standard InChI is InChI=1S/C11H14O4/c1-8-3-9(6-11(12)13)5-10(4-8)15-7-14-2/h3-5H,6-7H2,1-2H3,(H,12,13). The van der Waals surface area contributed by atoms with Crippen molar-refractivity contribution in [3.63, 3.8) is 0 Å². The average Bonchev–Trinajstić information content (AvgIpc) is 2.12. The van der Waals surface area contributed by atoms with E-state index in [1.165, 1.54) is 7.11 Å². The number of carboxylic acids is 1. The first-order valence-corrected chi connectivity index (χ1v) is 4.56. The second-order valence-corrected chi connectivity index (χ2v) is 3.28. The van der Waals surface area contributed by atoms with Crippen LogP contribution in [0.4, 0.5) is 0 Å². The molecule has 0 bridgehead atoms. The van der Waals surface area contributed by atoms with E-state index in [0.717, 1.165) is 11.1 Å². The van der Waals surface area contributed by atoms with Crippen molar-refractivity contribution in [2.45, 2.75) is 13.3 Å². The first-order chi connectivity index (χ1) is 7.11. The van der Waals surface area contributed by atoms with E-state index < -0.39 is 5.97 Å². The number of rotatable bonds is 5. The minimum absolute atomic E-state index is 0.00498. The van der Waals surface area contributed by atoms with Crippen LogP contribution in [-0.4, -0.2) is 25.0 Å². The Morgan fingerprint density at radius 2 is 2.13 bits per heavy atom. The molecule has 0 spiro atoms. The zero-order chi connectivity index (χ0) is 11.3. The summed E-state index contributed by atoms with van der Waals surface area (Å²) in [6.45, 7) is 2.06. The summed E-state index contributed by atoms with van der Waals surface area (Å²) in [4.78, 5) is 10.5. The maximum atomic E-state index is 10.5. The molecule has 0 fully saturated rings. The Kier molecular flexibility index (Phi) is 4.12. The molecule has 0 atom stereocenters. The van der Waals surface area contributed by atoms with Gasteiger partial charge in [-0.2, -0.15) is 0 Å². The van der Waals surface area contributed by atoms with Gasteiger partial charge in [0.05, 0.1) is 6.42 Å². The normalized spacial score (nSPS) is 10.0. The molecular weight excluding hydrogens is 196 g/mol. The molecule has 0 saturated heterocycles. The zero-order valence-electron chi connectivity index (χ0n) is 8.82. The third-order valence-corrected chi connectivity index (χ3v) is 1.81. The van der Waals surface area contributed by atoms with E-state index in [9.17, 15) is 4.79 Å². The number of ether oxygens (including phenoxy) is 2. The van der Waals surface area contributed by atoms with Crippen LogP contribution in [0.1, 0.15) is 11.1 Å². The van der Waals surface area contributed by atoms with Crippen molar-refractivity contribution in [2.24, 2.45) is 0 Å². The Labute approximate surface area is 88.4 Å². The van der Waals surface area contributed by atoms with Crippen molar-refractivity contribution < 1.29 is 19.4 Å². The molecule has 15 heavy (non-hydrogen) atoms. The molecule has 0 heterocycles. The number of hydrogen-bond acceptors (Lipinski definition) is 3. The summed E-state index contributed by atoms with van der Waals surface area (Å²) in [5.41, 5.74) is 1.70. The lowest BCUT2D eigenvalue weighted by molar-refractivity contribution is -0.136. The second kappa shape index (κ2) is 5.36. The van der Waals surface area contributed by atoms with Gasteiger partial charge in [-0.25, -0.2) is 0 Å². The van der Waals surface area contributed by atoms with Crippen molar-refractivity contribution in [1.82, 2.24) is 0 Å². The SMILES string of the molecule is COCOc1cc(C)cc(CC(=O)O)c1. The molecule has 0 aromatic heterocycles. The van der Waals surface area contributed by atoms with Crippen molar-refractivity contribution in [1.29, 1.82) is 0 Å². The summed E-state index contributed by atoms with van der Waals surface area (Å²) in [7, 11) is 1.54. The quantitative estimate of drug-likeness (QED) is 0.750.